The Labute approximate surface area is 99.7 Å². The zero-order valence-corrected chi connectivity index (χ0v) is 10.9. The number of alkyl halides is 3. The van der Waals surface area contributed by atoms with Crippen LogP contribution in [-0.2, 0) is 0 Å². The van der Waals surface area contributed by atoms with Gasteiger partial charge >= 0.3 is 6.18 Å². The minimum atomic E-state index is -4.21. The van der Waals surface area contributed by atoms with E-state index in [1.54, 1.807) is 0 Å². The van der Waals surface area contributed by atoms with Crippen molar-refractivity contribution in [1.82, 2.24) is 4.90 Å². The molecule has 0 spiro atoms. The summed E-state index contributed by atoms with van der Waals surface area (Å²) in [6.45, 7) is 7.82. The molecule has 0 saturated carbocycles. The second kappa shape index (κ2) is 7.40. The van der Waals surface area contributed by atoms with Crippen LogP contribution in [0.4, 0.5) is 13.2 Å². The third-order valence-corrected chi connectivity index (χ3v) is 3.87. The molecule has 0 fully saturated rings. The van der Waals surface area contributed by atoms with E-state index in [4.69, 9.17) is 5.73 Å². The molecule has 0 amide bonds. The van der Waals surface area contributed by atoms with Gasteiger partial charge in [-0.05, 0) is 20.0 Å². The van der Waals surface area contributed by atoms with Gasteiger partial charge in [-0.25, -0.2) is 0 Å². The molecule has 2 unspecified atom stereocenters. The Bertz CT molecular complexity index is 181. The van der Waals surface area contributed by atoms with Gasteiger partial charge in [0.2, 0.25) is 0 Å². The molecule has 0 heterocycles. The molecule has 0 radical (unpaired) electrons. The number of hydrogen-bond donors (Lipinski definition) is 1. The Morgan fingerprint density at radius 3 is 2.06 bits per heavy atom. The monoisotopic (exact) mass is 258 g/mol. The topological polar surface area (TPSA) is 29.3 Å². The molecule has 0 aromatic rings. The van der Waals surface area contributed by atoms with Crippen molar-refractivity contribution in [3.05, 3.63) is 0 Å². The molecule has 16 heavy (non-hydrogen) atoms. The van der Waals surface area contributed by atoms with E-state index in [0.717, 1.165) is 24.9 Å². The number of hydrogen-bond acceptors (Lipinski definition) is 3. The van der Waals surface area contributed by atoms with Crippen molar-refractivity contribution in [2.45, 2.75) is 38.2 Å². The first-order valence-corrected chi connectivity index (χ1v) is 6.54. The second-order valence-corrected chi connectivity index (χ2v) is 4.97. The maximum Gasteiger partial charge on any atom is 0.402 e. The molecule has 0 saturated heterocycles. The zero-order valence-electron chi connectivity index (χ0n) is 10.0. The summed E-state index contributed by atoms with van der Waals surface area (Å²) >= 11 is 0.904. The number of nitrogens with zero attached hydrogens (tertiary/aromatic N) is 1. The van der Waals surface area contributed by atoms with Crippen LogP contribution < -0.4 is 5.73 Å². The fourth-order valence-corrected chi connectivity index (χ4v) is 2.50. The van der Waals surface area contributed by atoms with Crippen molar-refractivity contribution in [1.29, 1.82) is 0 Å². The summed E-state index contributed by atoms with van der Waals surface area (Å²) in [5.41, 5.74) is 5.35. The van der Waals surface area contributed by atoms with E-state index in [1.807, 2.05) is 13.8 Å². The average Bonchev–Trinajstić information content (AvgIpc) is 2.15. The molecule has 0 aliphatic rings. The molecule has 0 rings (SSSR count). The molecule has 0 aliphatic heterocycles. The second-order valence-electron chi connectivity index (χ2n) is 3.72. The standard InChI is InChI=1S/C10H21F3N2S/c1-4-15(5-2)6-7-16-9(8(3)14)10(11,12)13/h8-9H,4-7,14H2,1-3H3. The van der Waals surface area contributed by atoms with Gasteiger partial charge in [0.25, 0.3) is 0 Å². The molecule has 0 aromatic heterocycles. The molecule has 6 heteroatoms. The summed E-state index contributed by atoms with van der Waals surface area (Å²) < 4.78 is 37.6. The van der Waals surface area contributed by atoms with Crippen LogP contribution >= 0.6 is 11.8 Å². The van der Waals surface area contributed by atoms with E-state index in [9.17, 15) is 13.2 Å². The van der Waals surface area contributed by atoms with Crippen LogP contribution in [0.2, 0.25) is 0 Å². The molecule has 98 valence electrons. The third-order valence-electron chi connectivity index (χ3n) is 2.40. The average molecular weight is 258 g/mol. The minimum Gasteiger partial charge on any atom is -0.327 e. The summed E-state index contributed by atoms with van der Waals surface area (Å²) in [4.78, 5) is 2.10. The highest BCUT2D eigenvalue weighted by molar-refractivity contribution is 8.00. The van der Waals surface area contributed by atoms with Gasteiger partial charge in [-0.2, -0.15) is 13.2 Å². The van der Waals surface area contributed by atoms with Gasteiger partial charge in [-0.1, -0.05) is 13.8 Å². The summed E-state index contributed by atoms with van der Waals surface area (Å²) in [5, 5.41) is -1.46. The molecule has 2 atom stereocenters. The van der Waals surface area contributed by atoms with Gasteiger partial charge in [0.1, 0.15) is 5.25 Å². The first-order chi connectivity index (χ1) is 7.32. The van der Waals surface area contributed by atoms with Gasteiger partial charge in [-0.15, -0.1) is 11.8 Å². The normalized spacial score (nSPS) is 16.5. The van der Waals surface area contributed by atoms with Crippen molar-refractivity contribution in [2.24, 2.45) is 5.73 Å². The first kappa shape index (κ1) is 16.1. The lowest BCUT2D eigenvalue weighted by molar-refractivity contribution is -0.131. The van der Waals surface area contributed by atoms with Crippen LogP contribution in [0.25, 0.3) is 0 Å². The Balaban J connectivity index is 4.04. The summed E-state index contributed by atoms with van der Waals surface area (Å²) in [6, 6.07) is -0.860. The SMILES string of the molecule is CCN(CC)CCSC(C(C)N)C(F)(F)F. The molecule has 0 bridgehead atoms. The first-order valence-electron chi connectivity index (χ1n) is 5.49. The molecule has 2 N–H and O–H groups in total. The van der Waals surface area contributed by atoms with E-state index in [0.29, 0.717) is 12.3 Å². The Morgan fingerprint density at radius 2 is 1.75 bits per heavy atom. The Kier molecular flexibility index (Phi) is 7.43. The quantitative estimate of drug-likeness (QED) is 0.760. The van der Waals surface area contributed by atoms with Gasteiger partial charge < -0.3 is 10.6 Å². The predicted molar refractivity (Wildman–Crippen MR) is 63.7 cm³/mol. The molecule has 2 nitrogen and oxygen atoms in total. The summed E-state index contributed by atoms with van der Waals surface area (Å²) in [7, 11) is 0. The smallest absolute Gasteiger partial charge is 0.327 e. The van der Waals surface area contributed by atoms with Crippen LogP contribution in [0.1, 0.15) is 20.8 Å². The number of nitrogens with two attached hydrogens (primary N) is 1. The highest BCUT2D eigenvalue weighted by Crippen LogP contribution is 2.32. The van der Waals surface area contributed by atoms with Crippen molar-refractivity contribution in [3.63, 3.8) is 0 Å². The van der Waals surface area contributed by atoms with Crippen molar-refractivity contribution >= 4 is 11.8 Å². The van der Waals surface area contributed by atoms with Crippen LogP contribution in [-0.4, -0.2) is 47.8 Å². The van der Waals surface area contributed by atoms with Crippen molar-refractivity contribution in [2.75, 3.05) is 25.4 Å². The van der Waals surface area contributed by atoms with Crippen LogP contribution in [0.5, 0.6) is 0 Å². The van der Waals surface area contributed by atoms with Crippen LogP contribution in [0.3, 0.4) is 0 Å². The zero-order chi connectivity index (χ0) is 12.8. The van der Waals surface area contributed by atoms with Crippen LogP contribution in [0.15, 0.2) is 0 Å². The van der Waals surface area contributed by atoms with Gasteiger partial charge in [0.05, 0.1) is 0 Å². The number of thioether (sulfide) groups is 1. The Morgan fingerprint density at radius 1 is 1.25 bits per heavy atom. The maximum absolute atomic E-state index is 12.5. The molecule has 0 aliphatic carbocycles. The Hall–Kier alpha value is 0.0600. The molecular formula is C10H21F3N2S. The highest BCUT2D eigenvalue weighted by atomic mass is 32.2. The lowest BCUT2D eigenvalue weighted by Crippen LogP contribution is -2.41. The van der Waals surface area contributed by atoms with Gasteiger partial charge in [0, 0.05) is 18.3 Å². The van der Waals surface area contributed by atoms with Gasteiger partial charge in [0.15, 0.2) is 0 Å². The van der Waals surface area contributed by atoms with E-state index >= 15 is 0 Å². The van der Waals surface area contributed by atoms with Crippen molar-refractivity contribution < 1.29 is 13.2 Å². The maximum atomic E-state index is 12.5. The molecule has 0 aromatic carbocycles. The fourth-order valence-electron chi connectivity index (χ4n) is 1.39. The van der Waals surface area contributed by atoms with E-state index in [2.05, 4.69) is 4.90 Å². The number of rotatable bonds is 7. The minimum absolute atomic E-state index is 0.466. The lowest BCUT2D eigenvalue weighted by atomic mass is 10.2. The summed E-state index contributed by atoms with van der Waals surface area (Å²) in [6.07, 6.45) is -4.21. The van der Waals surface area contributed by atoms with Crippen LogP contribution in [0, 0.1) is 0 Å². The van der Waals surface area contributed by atoms with Gasteiger partial charge in [-0.3, -0.25) is 0 Å². The largest absolute Gasteiger partial charge is 0.402 e. The lowest BCUT2D eigenvalue weighted by Gasteiger charge is -2.24. The molecular weight excluding hydrogens is 237 g/mol. The van der Waals surface area contributed by atoms with E-state index < -0.39 is 17.5 Å². The third kappa shape index (κ3) is 5.96. The predicted octanol–water partition coefficient (Wildman–Crippen LogP) is 2.34. The highest BCUT2D eigenvalue weighted by Gasteiger charge is 2.42. The van der Waals surface area contributed by atoms with Crippen molar-refractivity contribution in [3.8, 4) is 0 Å². The van der Waals surface area contributed by atoms with E-state index in [-0.39, 0.29) is 0 Å². The number of halogens is 3. The summed E-state index contributed by atoms with van der Waals surface area (Å²) in [5.74, 6) is 0.466. The van der Waals surface area contributed by atoms with E-state index in [1.165, 1.54) is 6.92 Å². The fraction of sp³-hybridized carbons (Fsp3) is 1.00.